The second kappa shape index (κ2) is 9.75. The van der Waals surface area contributed by atoms with E-state index in [9.17, 15) is 9.59 Å². The van der Waals surface area contributed by atoms with Gasteiger partial charge in [0.1, 0.15) is 0 Å². The fraction of sp³-hybridized carbons (Fsp3) is 0.115. The number of rotatable bonds is 7. The van der Waals surface area contributed by atoms with E-state index in [1.807, 2.05) is 90.6 Å². The van der Waals surface area contributed by atoms with Crippen molar-refractivity contribution in [1.29, 1.82) is 0 Å². The van der Waals surface area contributed by atoms with Crippen molar-refractivity contribution in [1.82, 2.24) is 20.4 Å². The van der Waals surface area contributed by atoms with E-state index in [4.69, 9.17) is 5.10 Å². The third-order valence-electron chi connectivity index (χ3n) is 5.06. The van der Waals surface area contributed by atoms with Gasteiger partial charge < -0.3 is 10.6 Å². The first-order valence-electron chi connectivity index (χ1n) is 10.4. The van der Waals surface area contributed by atoms with Gasteiger partial charge in [-0.3, -0.25) is 9.59 Å². The average Bonchev–Trinajstić information content (AvgIpc) is 3.27. The van der Waals surface area contributed by atoms with Crippen LogP contribution in [0, 0.1) is 6.92 Å². The minimum absolute atomic E-state index is 0.0970. The monoisotopic (exact) mass is 424 g/mol. The van der Waals surface area contributed by atoms with Crippen LogP contribution in [0.4, 0.5) is 0 Å². The average molecular weight is 425 g/mol. The molecule has 0 atom stereocenters. The van der Waals surface area contributed by atoms with E-state index >= 15 is 0 Å². The van der Waals surface area contributed by atoms with Crippen LogP contribution in [0.15, 0.2) is 91.1 Å². The van der Waals surface area contributed by atoms with E-state index in [0.29, 0.717) is 12.1 Å². The molecular formula is C26H24N4O2. The number of para-hydroxylation sites is 1. The lowest BCUT2D eigenvalue weighted by Crippen LogP contribution is -2.36. The molecule has 0 radical (unpaired) electrons. The molecule has 160 valence electrons. The zero-order valence-corrected chi connectivity index (χ0v) is 17.8. The second-order valence-corrected chi connectivity index (χ2v) is 7.47. The van der Waals surface area contributed by atoms with Crippen LogP contribution in [0.25, 0.3) is 16.9 Å². The van der Waals surface area contributed by atoms with E-state index in [2.05, 4.69) is 10.6 Å². The number of benzene rings is 3. The Morgan fingerprint density at radius 1 is 0.844 bits per heavy atom. The summed E-state index contributed by atoms with van der Waals surface area (Å²) in [6, 6.07) is 26.9. The molecule has 0 saturated heterocycles. The fourth-order valence-corrected chi connectivity index (χ4v) is 3.31. The van der Waals surface area contributed by atoms with Crippen molar-refractivity contribution < 1.29 is 9.59 Å². The highest BCUT2D eigenvalue weighted by molar-refractivity contribution is 5.96. The quantitative estimate of drug-likeness (QED) is 0.473. The summed E-state index contributed by atoms with van der Waals surface area (Å²) in [6.07, 6.45) is 1.92. The van der Waals surface area contributed by atoms with Crippen molar-refractivity contribution in [3.05, 3.63) is 108 Å². The van der Waals surface area contributed by atoms with Crippen molar-refractivity contribution in [2.45, 2.75) is 13.5 Å². The molecule has 0 saturated carbocycles. The topological polar surface area (TPSA) is 76.0 Å². The summed E-state index contributed by atoms with van der Waals surface area (Å²) >= 11 is 0. The molecule has 32 heavy (non-hydrogen) atoms. The van der Waals surface area contributed by atoms with Crippen LogP contribution in [0.3, 0.4) is 0 Å². The summed E-state index contributed by atoms with van der Waals surface area (Å²) in [7, 11) is 0. The van der Waals surface area contributed by atoms with Crippen molar-refractivity contribution in [3.63, 3.8) is 0 Å². The van der Waals surface area contributed by atoms with Gasteiger partial charge in [-0.15, -0.1) is 0 Å². The van der Waals surface area contributed by atoms with Crippen molar-refractivity contribution >= 4 is 11.8 Å². The molecule has 1 aromatic heterocycles. The minimum Gasteiger partial charge on any atom is -0.350 e. The molecule has 6 nitrogen and oxygen atoms in total. The number of aryl methyl sites for hydroxylation is 1. The first-order valence-corrected chi connectivity index (χ1v) is 10.4. The molecule has 6 heteroatoms. The summed E-state index contributed by atoms with van der Waals surface area (Å²) in [4.78, 5) is 24.6. The van der Waals surface area contributed by atoms with Gasteiger partial charge in [-0.2, -0.15) is 5.10 Å². The van der Waals surface area contributed by atoms with Gasteiger partial charge in [0, 0.05) is 29.4 Å². The number of carbonyl (C=O) groups excluding carboxylic acids is 2. The van der Waals surface area contributed by atoms with Crippen molar-refractivity contribution in [2.75, 3.05) is 6.54 Å². The zero-order chi connectivity index (χ0) is 22.3. The van der Waals surface area contributed by atoms with E-state index in [1.54, 1.807) is 12.1 Å². The van der Waals surface area contributed by atoms with Crippen LogP contribution in [0.1, 0.15) is 21.5 Å². The predicted molar refractivity (Wildman–Crippen MR) is 124 cm³/mol. The van der Waals surface area contributed by atoms with E-state index in [0.717, 1.165) is 28.1 Å². The summed E-state index contributed by atoms with van der Waals surface area (Å²) in [5.41, 5.74) is 5.20. The molecule has 2 N–H and O–H groups in total. The normalized spacial score (nSPS) is 10.5. The molecule has 0 spiro atoms. The smallest absolute Gasteiger partial charge is 0.251 e. The maximum absolute atomic E-state index is 12.4. The zero-order valence-electron chi connectivity index (χ0n) is 17.8. The van der Waals surface area contributed by atoms with Gasteiger partial charge in [0.25, 0.3) is 5.91 Å². The lowest BCUT2D eigenvalue weighted by Gasteiger charge is -2.07. The Kier molecular flexibility index (Phi) is 6.41. The molecule has 4 rings (SSSR count). The lowest BCUT2D eigenvalue weighted by molar-refractivity contribution is -0.120. The van der Waals surface area contributed by atoms with Gasteiger partial charge in [-0.05, 0) is 31.2 Å². The molecule has 0 bridgehead atoms. The van der Waals surface area contributed by atoms with Crippen LogP contribution < -0.4 is 10.6 Å². The Morgan fingerprint density at radius 2 is 1.50 bits per heavy atom. The van der Waals surface area contributed by atoms with Crippen molar-refractivity contribution in [2.24, 2.45) is 0 Å². The number of hydrogen-bond acceptors (Lipinski definition) is 3. The molecule has 0 unspecified atom stereocenters. The maximum Gasteiger partial charge on any atom is 0.251 e. The van der Waals surface area contributed by atoms with Crippen LogP contribution in [0.5, 0.6) is 0 Å². The van der Waals surface area contributed by atoms with E-state index in [1.165, 1.54) is 0 Å². The van der Waals surface area contributed by atoms with Gasteiger partial charge in [0.2, 0.25) is 5.91 Å². The summed E-state index contributed by atoms with van der Waals surface area (Å²) in [5, 5.41) is 10.3. The Balaban J connectivity index is 1.44. The predicted octanol–water partition coefficient (Wildman–Crippen LogP) is 3.89. The Hall–Kier alpha value is -4.19. The number of amides is 2. The minimum atomic E-state index is -0.276. The van der Waals surface area contributed by atoms with Crippen LogP contribution in [-0.2, 0) is 11.3 Å². The fourth-order valence-electron chi connectivity index (χ4n) is 3.31. The Bertz CT molecular complexity index is 1200. The molecule has 0 aliphatic heterocycles. The molecule has 2 amide bonds. The van der Waals surface area contributed by atoms with Gasteiger partial charge in [-0.1, -0.05) is 66.2 Å². The third-order valence-corrected chi connectivity index (χ3v) is 5.06. The molecule has 1 heterocycles. The number of nitrogens with zero attached hydrogens (tertiary/aromatic N) is 2. The molecule has 0 aliphatic rings. The molecule has 3 aromatic carbocycles. The van der Waals surface area contributed by atoms with Crippen molar-refractivity contribution in [3.8, 4) is 16.9 Å². The van der Waals surface area contributed by atoms with Gasteiger partial charge in [-0.25, -0.2) is 4.68 Å². The summed E-state index contributed by atoms with van der Waals surface area (Å²) < 4.78 is 1.81. The third kappa shape index (κ3) is 5.10. The molecule has 4 aromatic rings. The van der Waals surface area contributed by atoms with Crippen LogP contribution >= 0.6 is 0 Å². The number of nitrogens with one attached hydrogen (secondary N) is 2. The highest BCUT2D eigenvalue weighted by Gasteiger charge is 2.14. The van der Waals surface area contributed by atoms with Gasteiger partial charge in [0.15, 0.2) is 0 Å². The number of hydrogen-bond donors (Lipinski definition) is 2. The Labute approximate surface area is 186 Å². The first kappa shape index (κ1) is 21.1. The lowest BCUT2D eigenvalue weighted by atomic mass is 10.1. The number of aromatic nitrogens is 2. The van der Waals surface area contributed by atoms with Crippen LogP contribution in [-0.4, -0.2) is 28.1 Å². The van der Waals surface area contributed by atoms with Crippen LogP contribution in [0.2, 0.25) is 0 Å². The summed E-state index contributed by atoms with van der Waals surface area (Å²) in [6.45, 7) is 2.16. The molecular weight excluding hydrogens is 400 g/mol. The highest BCUT2D eigenvalue weighted by Crippen LogP contribution is 2.23. The SMILES string of the molecule is Cc1ccc(C(=O)NCC(=O)NCc2cn(-c3ccccc3)nc2-c2ccccc2)cc1. The number of carbonyl (C=O) groups is 2. The van der Waals surface area contributed by atoms with Gasteiger partial charge in [0.05, 0.1) is 17.9 Å². The highest BCUT2D eigenvalue weighted by atomic mass is 16.2. The van der Waals surface area contributed by atoms with E-state index < -0.39 is 0 Å². The molecule has 0 aliphatic carbocycles. The van der Waals surface area contributed by atoms with E-state index in [-0.39, 0.29) is 18.4 Å². The largest absolute Gasteiger partial charge is 0.350 e. The Morgan fingerprint density at radius 3 is 2.19 bits per heavy atom. The van der Waals surface area contributed by atoms with Gasteiger partial charge >= 0.3 is 0 Å². The second-order valence-electron chi connectivity index (χ2n) is 7.47. The molecule has 0 fully saturated rings. The summed E-state index contributed by atoms with van der Waals surface area (Å²) in [5.74, 6) is -0.543. The maximum atomic E-state index is 12.4. The first-order chi connectivity index (χ1) is 15.6. The standard InChI is InChI=1S/C26H24N4O2/c1-19-12-14-21(15-13-19)26(32)28-17-24(31)27-16-22-18-30(23-10-6-3-7-11-23)29-25(22)20-8-4-2-5-9-20/h2-15,18H,16-17H2,1H3,(H,27,31)(H,28,32).